The molecule has 0 bridgehead atoms. The molecule has 1 aromatic rings. The largest absolute Gasteiger partial charge is 0.399 e. The van der Waals surface area contributed by atoms with Gasteiger partial charge in [0.1, 0.15) is 0 Å². The Bertz CT molecular complexity index is 317. The van der Waals surface area contributed by atoms with Gasteiger partial charge in [0, 0.05) is 18.8 Å². The second-order valence-corrected chi connectivity index (χ2v) is 4.14. The summed E-state index contributed by atoms with van der Waals surface area (Å²) < 4.78 is 0. The van der Waals surface area contributed by atoms with Crippen molar-refractivity contribution in [2.45, 2.75) is 13.3 Å². The Labute approximate surface area is 95.2 Å². The van der Waals surface area contributed by atoms with Crippen molar-refractivity contribution in [2.24, 2.45) is 5.92 Å². The Kier molecular flexibility index (Phi) is 4.72. The third-order valence-corrected chi connectivity index (χ3v) is 2.57. The van der Waals surface area contributed by atoms with Crippen LogP contribution in [0.1, 0.15) is 13.3 Å². The second kappa shape index (κ2) is 5.83. The molecule has 1 atom stereocenters. The van der Waals surface area contributed by atoms with Crippen LogP contribution in [0.25, 0.3) is 0 Å². The van der Waals surface area contributed by atoms with E-state index in [9.17, 15) is 0 Å². The summed E-state index contributed by atoms with van der Waals surface area (Å²) in [5.41, 5.74) is 7.13. The lowest BCUT2D eigenvalue weighted by Gasteiger charge is -2.13. The number of nitrogens with two attached hydrogens (primary N) is 1. The molecule has 0 radical (unpaired) electrons. The maximum atomic E-state index is 8.75. The van der Waals surface area contributed by atoms with E-state index in [1.165, 1.54) is 0 Å². The summed E-state index contributed by atoms with van der Waals surface area (Å²) in [6, 6.07) is 5.40. The first-order valence-corrected chi connectivity index (χ1v) is 5.41. The van der Waals surface area contributed by atoms with E-state index in [1.807, 2.05) is 12.1 Å². The van der Waals surface area contributed by atoms with Crippen LogP contribution >= 0.6 is 11.6 Å². The van der Waals surface area contributed by atoms with Crippen molar-refractivity contribution in [3.05, 3.63) is 23.2 Å². The van der Waals surface area contributed by atoms with E-state index in [0.29, 0.717) is 16.6 Å². The van der Waals surface area contributed by atoms with E-state index in [0.717, 1.165) is 18.7 Å². The van der Waals surface area contributed by atoms with Crippen LogP contribution in [-0.4, -0.2) is 18.3 Å². The molecule has 4 N–H and O–H groups in total. The molecule has 3 nitrogen and oxygen atoms in total. The molecular formula is C11H17ClN2O. The zero-order chi connectivity index (χ0) is 11.3. The van der Waals surface area contributed by atoms with Gasteiger partial charge < -0.3 is 16.2 Å². The number of hydrogen-bond donors (Lipinski definition) is 3. The Morgan fingerprint density at radius 2 is 2.27 bits per heavy atom. The fourth-order valence-electron chi connectivity index (χ4n) is 1.28. The van der Waals surface area contributed by atoms with Crippen molar-refractivity contribution in [2.75, 3.05) is 24.2 Å². The van der Waals surface area contributed by atoms with Gasteiger partial charge in [-0.25, -0.2) is 0 Å². The highest BCUT2D eigenvalue weighted by atomic mass is 35.5. The van der Waals surface area contributed by atoms with Gasteiger partial charge in [0.05, 0.1) is 10.7 Å². The van der Waals surface area contributed by atoms with Crippen LogP contribution in [0, 0.1) is 5.92 Å². The number of benzene rings is 1. The van der Waals surface area contributed by atoms with Gasteiger partial charge in [0.25, 0.3) is 0 Å². The molecule has 1 unspecified atom stereocenters. The quantitative estimate of drug-likeness (QED) is 0.678. The molecule has 0 saturated heterocycles. The number of anilines is 2. The molecule has 0 spiro atoms. The van der Waals surface area contributed by atoms with Crippen LogP contribution in [-0.2, 0) is 0 Å². The average Bonchev–Trinajstić information content (AvgIpc) is 2.17. The number of hydrogen-bond acceptors (Lipinski definition) is 3. The van der Waals surface area contributed by atoms with Gasteiger partial charge in [-0.15, -0.1) is 0 Å². The van der Waals surface area contributed by atoms with Crippen molar-refractivity contribution in [3.63, 3.8) is 0 Å². The minimum Gasteiger partial charge on any atom is -0.399 e. The van der Waals surface area contributed by atoms with E-state index in [2.05, 4.69) is 12.2 Å². The molecule has 1 aromatic carbocycles. The lowest BCUT2D eigenvalue weighted by atomic mass is 10.1. The molecular weight excluding hydrogens is 212 g/mol. The highest BCUT2D eigenvalue weighted by molar-refractivity contribution is 6.33. The fourth-order valence-corrected chi connectivity index (χ4v) is 1.54. The van der Waals surface area contributed by atoms with Crippen molar-refractivity contribution < 1.29 is 5.11 Å². The topological polar surface area (TPSA) is 58.3 Å². The SMILES string of the molecule is CC(CCO)CNc1ccc(N)cc1Cl. The number of halogens is 1. The van der Waals surface area contributed by atoms with Crippen molar-refractivity contribution >= 4 is 23.0 Å². The van der Waals surface area contributed by atoms with Crippen LogP contribution in [0.5, 0.6) is 0 Å². The molecule has 0 aliphatic heterocycles. The second-order valence-electron chi connectivity index (χ2n) is 3.74. The predicted octanol–water partition coefficient (Wildman–Crippen LogP) is 2.35. The van der Waals surface area contributed by atoms with Crippen LogP contribution in [0.2, 0.25) is 5.02 Å². The number of nitrogen functional groups attached to an aromatic ring is 1. The first kappa shape index (κ1) is 12.1. The lowest BCUT2D eigenvalue weighted by molar-refractivity contribution is 0.266. The van der Waals surface area contributed by atoms with Crippen LogP contribution in [0.4, 0.5) is 11.4 Å². The van der Waals surface area contributed by atoms with Crippen LogP contribution in [0.3, 0.4) is 0 Å². The number of nitrogens with one attached hydrogen (secondary N) is 1. The summed E-state index contributed by atoms with van der Waals surface area (Å²) in [4.78, 5) is 0. The predicted molar refractivity (Wildman–Crippen MR) is 65.2 cm³/mol. The van der Waals surface area contributed by atoms with Gasteiger partial charge >= 0.3 is 0 Å². The molecule has 84 valence electrons. The normalized spacial score (nSPS) is 12.5. The van der Waals surface area contributed by atoms with Crippen molar-refractivity contribution in [3.8, 4) is 0 Å². The monoisotopic (exact) mass is 228 g/mol. The molecule has 0 fully saturated rings. The number of aliphatic hydroxyl groups is 1. The third kappa shape index (κ3) is 3.98. The van der Waals surface area contributed by atoms with Gasteiger partial charge in [0.2, 0.25) is 0 Å². The van der Waals surface area contributed by atoms with E-state index in [1.54, 1.807) is 6.07 Å². The maximum absolute atomic E-state index is 8.75. The highest BCUT2D eigenvalue weighted by Gasteiger charge is 2.03. The van der Waals surface area contributed by atoms with E-state index < -0.39 is 0 Å². The summed E-state index contributed by atoms with van der Waals surface area (Å²) in [6.07, 6.45) is 0.791. The van der Waals surface area contributed by atoms with Gasteiger partial charge in [-0.2, -0.15) is 0 Å². The Balaban J connectivity index is 2.50. The smallest absolute Gasteiger partial charge is 0.0657 e. The highest BCUT2D eigenvalue weighted by Crippen LogP contribution is 2.24. The summed E-state index contributed by atoms with van der Waals surface area (Å²) in [5.74, 6) is 0.420. The molecule has 0 saturated carbocycles. The van der Waals surface area contributed by atoms with Gasteiger partial charge in [-0.05, 0) is 30.5 Å². The number of aliphatic hydroxyl groups excluding tert-OH is 1. The Morgan fingerprint density at radius 1 is 1.53 bits per heavy atom. The average molecular weight is 229 g/mol. The first-order chi connectivity index (χ1) is 7.13. The molecule has 0 aliphatic rings. The fraction of sp³-hybridized carbons (Fsp3) is 0.455. The third-order valence-electron chi connectivity index (χ3n) is 2.26. The summed E-state index contributed by atoms with van der Waals surface area (Å²) >= 11 is 6.00. The first-order valence-electron chi connectivity index (χ1n) is 5.03. The molecule has 15 heavy (non-hydrogen) atoms. The lowest BCUT2D eigenvalue weighted by Crippen LogP contribution is -2.12. The maximum Gasteiger partial charge on any atom is 0.0657 e. The molecule has 0 heterocycles. The van der Waals surface area contributed by atoms with Gasteiger partial charge in [-0.1, -0.05) is 18.5 Å². The van der Waals surface area contributed by atoms with Crippen LogP contribution < -0.4 is 11.1 Å². The van der Waals surface area contributed by atoms with Gasteiger partial charge in [0.15, 0.2) is 0 Å². The minimum atomic E-state index is 0.221. The molecule has 0 aliphatic carbocycles. The number of rotatable bonds is 5. The van der Waals surface area contributed by atoms with E-state index in [-0.39, 0.29) is 6.61 Å². The van der Waals surface area contributed by atoms with Crippen molar-refractivity contribution in [1.29, 1.82) is 0 Å². The van der Waals surface area contributed by atoms with Crippen LogP contribution in [0.15, 0.2) is 18.2 Å². The molecule has 1 rings (SSSR count). The Hall–Kier alpha value is -0.930. The van der Waals surface area contributed by atoms with E-state index in [4.69, 9.17) is 22.4 Å². The van der Waals surface area contributed by atoms with E-state index >= 15 is 0 Å². The minimum absolute atomic E-state index is 0.221. The molecule has 0 amide bonds. The zero-order valence-electron chi connectivity index (χ0n) is 8.83. The molecule has 0 aromatic heterocycles. The summed E-state index contributed by atoms with van der Waals surface area (Å²) in [5, 5.41) is 12.6. The standard InChI is InChI=1S/C11H17ClN2O/c1-8(4-5-15)7-14-11-3-2-9(13)6-10(11)12/h2-3,6,8,14-15H,4-5,7,13H2,1H3. The van der Waals surface area contributed by atoms with Gasteiger partial charge in [-0.3, -0.25) is 0 Å². The zero-order valence-corrected chi connectivity index (χ0v) is 9.59. The molecule has 4 heteroatoms. The summed E-state index contributed by atoms with van der Waals surface area (Å²) in [6.45, 7) is 3.09. The van der Waals surface area contributed by atoms with Crippen molar-refractivity contribution in [1.82, 2.24) is 0 Å². The summed E-state index contributed by atoms with van der Waals surface area (Å²) in [7, 11) is 0. The Morgan fingerprint density at radius 3 is 2.87 bits per heavy atom.